The second kappa shape index (κ2) is 8.03. The molecule has 1 aliphatic heterocycles. The molecule has 2 aromatic rings. The molecule has 3 rings (SSSR count). The fourth-order valence-corrected chi connectivity index (χ4v) is 3.01. The number of hydrogen-bond donors (Lipinski definition) is 1. The van der Waals surface area contributed by atoms with Crippen molar-refractivity contribution in [3.8, 4) is 11.5 Å². The number of fused-ring (bicyclic) bond motifs is 1. The number of anilines is 1. The average Bonchev–Trinajstić information content (AvgIpc) is 2.70. The Hall–Kier alpha value is -2.83. The van der Waals surface area contributed by atoms with Gasteiger partial charge in [-0.2, -0.15) is 0 Å². The normalized spacial score (nSPS) is 13.1. The number of aromatic nitrogens is 2. The first kappa shape index (κ1) is 18.0. The summed E-state index contributed by atoms with van der Waals surface area (Å²) in [5, 5.41) is 11.3. The lowest BCUT2D eigenvalue weighted by molar-refractivity contribution is 0.0727. The van der Waals surface area contributed by atoms with Gasteiger partial charge in [0.1, 0.15) is 5.82 Å². The Morgan fingerprint density at radius 2 is 1.88 bits per heavy atom. The van der Waals surface area contributed by atoms with Crippen LogP contribution >= 0.6 is 0 Å². The molecule has 0 radical (unpaired) electrons. The summed E-state index contributed by atoms with van der Waals surface area (Å²) in [6.07, 6.45) is 1.77. The van der Waals surface area contributed by atoms with Gasteiger partial charge in [0.15, 0.2) is 17.2 Å². The van der Waals surface area contributed by atoms with Crippen LogP contribution in [0.15, 0.2) is 24.3 Å². The molecule has 2 heterocycles. The van der Waals surface area contributed by atoms with E-state index in [0.717, 1.165) is 24.9 Å². The van der Waals surface area contributed by atoms with Crippen LogP contribution < -0.4 is 14.8 Å². The van der Waals surface area contributed by atoms with Crippen LogP contribution in [0.2, 0.25) is 0 Å². The number of amides is 1. The fraction of sp³-hybridized carbons (Fsp3) is 0.421. The lowest BCUT2D eigenvalue weighted by atomic mass is 9.98. The molecule has 7 nitrogen and oxygen atoms in total. The van der Waals surface area contributed by atoms with Crippen LogP contribution in [0.4, 0.5) is 5.82 Å². The molecule has 0 atom stereocenters. The molecule has 1 N–H and O–H groups in total. The van der Waals surface area contributed by atoms with Crippen LogP contribution in [0.1, 0.15) is 35.0 Å². The first-order chi connectivity index (χ1) is 12.7. The van der Waals surface area contributed by atoms with Gasteiger partial charge in [-0.15, -0.1) is 10.2 Å². The van der Waals surface area contributed by atoms with E-state index in [9.17, 15) is 4.79 Å². The Labute approximate surface area is 153 Å². The third kappa shape index (κ3) is 3.71. The van der Waals surface area contributed by atoms with E-state index in [-0.39, 0.29) is 5.91 Å². The van der Waals surface area contributed by atoms with Gasteiger partial charge < -0.3 is 19.7 Å². The second-order valence-corrected chi connectivity index (χ2v) is 6.18. The van der Waals surface area contributed by atoms with Gasteiger partial charge in [0.25, 0.3) is 5.91 Å². The number of nitrogens with one attached hydrogen (secondary N) is 1. The Morgan fingerprint density at radius 3 is 2.50 bits per heavy atom. The quantitative estimate of drug-likeness (QED) is 0.857. The summed E-state index contributed by atoms with van der Waals surface area (Å²) in [5.74, 6) is 1.96. The summed E-state index contributed by atoms with van der Waals surface area (Å²) in [4.78, 5) is 14.5. The van der Waals surface area contributed by atoms with Gasteiger partial charge in [-0.05, 0) is 48.2 Å². The third-order valence-corrected chi connectivity index (χ3v) is 4.45. The second-order valence-electron chi connectivity index (χ2n) is 6.18. The van der Waals surface area contributed by atoms with E-state index < -0.39 is 0 Å². The Bertz CT molecular complexity index is 777. The van der Waals surface area contributed by atoms with Gasteiger partial charge >= 0.3 is 0 Å². The molecule has 0 bridgehead atoms. The van der Waals surface area contributed by atoms with Gasteiger partial charge in [-0.25, -0.2) is 0 Å². The van der Waals surface area contributed by atoms with Crippen LogP contribution in [-0.4, -0.2) is 48.3 Å². The molecule has 0 fully saturated rings. The van der Waals surface area contributed by atoms with Crippen LogP contribution in [0.5, 0.6) is 11.5 Å². The van der Waals surface area contributed by atoms with E-state index in [2.05, 4.69) is 22.4 Å². The molecule has 0 saturated heterocycles. The highest BCUT2D eigenvalue weighted by Crippen LogP contribution is 2.33. The monoisotopic (exact) mass is 356 g/mol. The van der Waals surface area contributed by atoms with Gasteiger partial charge in [-0.3, -0.25) is 4.79 Å². The average molecular weight is 356 g/mol. The number of rotatable bonds is 6. The van der Waals surface area contributed by atoms with Crippen molar-refractivity contribution < 1.29 is 14.3 Å². The zero-order chi connectivity index (χ0) is 18.5. The molecule has 0 aliphatic carbocycles. The number of nitrogens with zero attached hydrogens (tertiary/aromatic N) is 3. The van der Waals surface area contributed by atoms with Gasteiger partial charge in [0.05, 0.1) is 14.2 Å². The van der Waals surface area contributed by atoms with Crippen molar-refractivity contribution in [2.75, 3.05) is 32.6 Å². The molecule has 1 aliphatic rings. The summed E-state index contributed by atoms with van der Waals surface area (Å²) >= 11 is 0. The highest BCUT2D eigenvalue weighted by Gasteiger charge is 2.24. The minimum absolute atomic E-state index is 0.111. The molecule has 1 amide bonds. The summed E-state index contributed by atoms with van der Waals surface area (Å²) in [5.41, 5.74) is 2.60. The van der Waals surface area contributed by atoms with Crippen LogP contribution in [-0.2, 0) is 13.0 Å². The summed E-state index contributed by atoms with van der Waals surface area (Å²) < 4.78 is 10.7. The maximum absolute atomic E-state index is 12.8. The van der Waals surface area contributed by atoms with Crippen molar-refractivity contribution in [2.24, 2.45) is 0 Å². The highest BCUT2D eigenvalue weighted by molar-refractivity contribution is 5.92. The minimum Gasteiger partial charge on any atom is -0.493 e. The third-order valence-electron chi connectivity index (χ3n) is 4.45. The molecule has 7 heteroatoms. The molecule has 0 unspecified atom stereocenters. The molecule has 26 heavy (non-hydrogen) atoms. The fourth-order valence-electron chi connectivity index (χ4n) is 3.01. The van der Waals surface area contributed by atoms with Crippen LogP contribution in [0.3, 0.4) is 0 Å². The summed E-state index contributed by atoms with van der Waals surface area (Å²) in [6, 6.07) is 7.44. The van der Waals surface area contributed by atoms with E-state index in [1.807, 2.05) is 12.1 Å². The minimum atomic E-state index is -0.111. The van der Waals surface area contributed by atoms with E-state index in [1.54, 1.807) is 31.3 Å². The van der Waals surface area contributed by atoms with E-state index >= 15 is 0 Å². The SMILES string of the molecule is CCCNc1ccc(C(=O)N2CCc3cc(OC)c(OC)cc3C2)nn1. The van der Waals surface area contributed by atoms with E-state index in [4.69, 9.17) is 9.47 Å². The van der Waals surface area contributed by atoms with Crippen molar-refractivity contribution in [3.05, 3.63) is 41.1 Å². The maximum atomic E-state index is 12.8. The zero-order valence-corrected chi connectivity index (χ0v) is 15.4. The Kier molecular flexibility index (Phi) is 5.55. The molecular weight excluding hydrogens is 332 g/mol. The molecule has 0 spiro atoms. The summed E-state index contributed by atoms with van der Waals surface area (Å²) in [6.45, 7) is 4.07. The van der Waals surface area contributed by atoms with Crippen molar-refractivity contribution >= 4 is 11.7 Å². The van der Waals surface area contributed by atoms with Crippen molar-refractivity contribution in [1.82, 2.24) is 15.1 Å². The Balaban J connectivity index is 1.74. The maximum Gasteiger partial charge on any atom is 0.274 e. The number of carbonyl (C=O) groups is 1. The van der Waals surface area contributed by atoms with Crippen molar-refractivity contribution in [1.29, 1.82) is 0 Å². The Morgan fingerprint density at radius 1 is 1.15 bits per heavy atom. The first-order valence-corrected chi connectivity index (χ1v) is 8.77. The van der Waals surface area contributed by atoms with E-state index in [1.165, 1.54) is 5.56 Å². The largest absolute Gasteiger partial charge is 0.493 e. The molecular formula is C19H24N4O3. The van der Waals surface area contributed by atoms with E-state index in [0.29, 0.717) is 36.1 Å². The topological polar surface area (TPSA) is 76.6 Å². The van der Waals surface area contributed by atoms with Gasteiger partial charge in [0.2, 0.25) is 0 Å². The highest BCUT2D eigenvalue weighted by atomic mass is 16.5. The number of methoxy groups -OCH3 is 2. The smallest absolute Gasteiger partial charge is 0.274 e. The lowest BCUT2D eigenvalue weighted by Gasteiger charge is -2.29. The number of carbonyl (C=O) groups excluding carboxylic acids is 1. The number of ether oxygens (including phenoxy) is 2. The van der Waals surface area contributed by atoms with Crippen molar-refractivity contribution in [3.63, 3.8) is 0 Å². The van der Waals surface area contributed by atoms with Crippen LogP contribution in [0, 0.1) is 0 Å². The molecule has 0 saturated carbocycles. The van der Waals surface area contributed by atoms with Crippen molar-refractivity contribution in [2.45, 2.75) is 26.3 Å². The number of benzene rings is 1. The predicted molar refractivity (Wildman–Crippen MR) is 98.8 cm³/mol. The molecule has 138 valence electrons. The van der Waals surface area contributed by atoms with Gasteiger partial charge in [-0.1, -0.05) is 6.92 Å². The van der Waals surface area contributed by atoms with Crippen LogP contribution in [0.25, 0.3) is 0 Å². The lowest BCUT2D eigenvalue weighted by Crippen LogP contribution is -2.36. The zero-order valence-electron chi connectivity index (χ0n) is 15.4. The van der Waals surface area contributed by atoms with Gasteiger partial charge in [0, 0.05) is 19.6 Å². The molecule has 1 aromatic carbocycles. The standard InChI is InChI=1S/C19H24N4O3/c1-4-8-20-18-6-5-15(21-22-18)19(24)23-9-7-13-10-16(25-2)17(26-3)11-14(13)12-23/h5-6,10-11H,4,7-9,12H2,1-3H3,(H,20,22). The predicted octanol–water partition coefficient (Wildman–Crippen LogP) is 2.51. The summed E-state index contributed by atoms with van der Waals surface area (Å²) in [7, 11) is 3.24. The molecule has 1 aromatic heterocycles. The number of hydrogen-bond acceptors (Lipinski definition) is 6. The first-order valence-electron chi connectivity index (χ1n) is 8.77.